The number of fused-ring (bicyclic) bond motifs is 3. The van der Waals surface area contributed by atoms with Gasteiger partial charge in [-0.3, -0.25) is 9.55 Å². The van der Waals surface area contributed by atoms with Crippen LogP contribution in [0, 0.1) is 6.92 Å². The predicted molar refractivity (Wildman–Crippen MR) is 189 cm³/mol. The maximum Gasteiger partial charge on any atom is 0.147 e. The third-order valence-corrected chi connectivity index (χ3v) is 8.77. The van der Waals surface area contributed by atoms with Gasteiger partial charge in [0.2, 0.25) is 0 Å². The first-order chi connectivity index (χ1) is 21.5. The number of hydrogen-bond donors (Lipinski definition) is 1. The summed E-state index contributed by atoms with van der Waals surface area (Å²) in [7, 11) is 0. The Morgan fingerprint density at radius 3 is 1.87 bits per heavy atom. The fraction of sp³-hybridized carbons (Fsp3) is 0.220. The van der Waals surface area contributed by atoms with E-state index in [0.29, 0.717) is 0 Å². The monoisotopic (exact) mass is 588 g/mol. The highest BCUT2D eigenvalue weighted by Gasteiger charge is 2.22. The van der Waals surface area contributed by atoms with Gasteiger partial charge in [-0.15, -0.1) is 0 Å². The number of benzene rings is 3. The van der Waals surface area contributed by atoms with Crippen LogP contribution >= 0.6 is 0 Å². The van der Waals surface area contributed by atoms with Gasteiger partial charge in [-0.1, -0.05) is 84.0 Å². The second kappa shape index (κ2) is 10.6. The molecule has 4 nitrogen and oxygen atoms in total. The highest BCUT2D eigenvalue weighted by molar-refractivity contribution is 6.08. The van der Waals surface area contributed by atoms with Crippen LogP contribution in [0.1, 0.15) is 58.4 Å². The lowest BCUT2D eigenvalue weighted by Crippen LogP contribution is -2.16. The number of para-hydroxylation sites is 1. The number of aromatic amines is 1. The van der Waals surface area contributed by atoms with Crippen LogP contribution in [-0.4, -0.2) is 19.5 Å². The quantitative estimate of drug-likeness (QED) is 0.222. The van der Waals surface area contributed by atoms with Crippen LogP contribution in [0.3, 0.4) is 0 Å². The molecule has 0 spiro atoms. The van der Waals surface area contributed by atoms with E-state index in [1.54, 1.807) is 0 Å². The Morgan fingerprint density at radius 1 is 0.578 bits per heavy atom. The van der Waals surface area contributed by atoms with Crippen molar-refractivity contribution in [3.05, 3.63) is 126 Å². The van der Waals surface area contributed by atoms with Gasteiger partial charge in [0, 0.05) is 33.8 Å². The fourth-order valence-corrected chi connectivity index (χ4v) is 6.15. The smallest absolute Gasteiger partial charge is 0.147 e. The van der Waals surface area contributed by atoms with Crippen LogP contribution in [0.5, 0.6) is 0 Å². The number of rotatable bonds is 4. The Bertz CT molecular complexity index is 2150. The van der Waals surface area contributed by atoms with E-state index in [4.69, 9.17) is 9.97 Å². The first-order valence-electron chi connectivity index (χ1n) is 15.8. The Balaban J connectivity index is 1.48. The largest absolute Gasteiger partial charge is 0.345 e. The van der Waals surface area contributed by atoms with Crippen molar-refractivity contribution in [3.8, 4) is 39.5 Å². The normalized spacial score (nSPS) is 12.3. The van der Waals surface area contributed by atoms with E-state index in [2.05, 4.69) is 149 Å². The highest BCUT2D eigenvalue weighted by atomic mass is 15.1. The molecule has 4 heteroatoms. The van der Waals surface area contributed by atoms with Gasteiger partial charge in [0.05, 0.1) is 16.9 Å². The Labute approximate surface area is 265 Å². The summed E-state index contributed by atoms with van der Waals surface area (Å²) in [5.74, 6) is 1.01. The van der Waals surface area contributed by atoms with Crippen molar-refractivity contribution in [2.75, 3.05) is 0 Å². The molecule has 1 N–H and O–H groups in total. The van der Waals surface area contributed by atoms with Gasteiger partial charge in [-0.2, -0.15) is 0 Å². The molecule has 0 saturated heterocycles. The van der Waals surface area contributed by atoms with Crippen molar-refractivity contribution in [1.82, 2.24) is 19.5 Å². The van der Waals surface area contributed by atoms with Crippen molar-refractivity contribution < 1.29 is 0 Å². The number of nitrogens with one attached hydrogen (secondary N) is 1. The van der Waals surface area contributed by atoms with E-state index >= 15 is 0 Å². The molecule has 0 amide bonds. The number of aromatic nitrogens is 4. The lowest BCUT2D eigenvalue weighted by molar-refractivity contribution is 0.569. The maximum atomic E-state index is 5.37. The van der Waals surface area contributed by atoms with Crippen molar-refractivity contribution >= 4 is 21.9 Å². The molecule has 0 bridgehead atoms. The van der Waals surface area contributed by atoms with Crippen LogP contribution in [0.25, 0.3) is 61.4 Å². The number of pyridine rings is 2. The summed E-state index contributed by atoms with van der Waals surface area (Å²) < 4.78 is 2.24. The first kappa shape index (κ1) is 28.8. The third-order valence-electron chi connectivity index (χ3n) is 8.77. The van der Waals surface area contributed by atoms with Crippen molar-refractivity contribution in [2.45, 2.75) is 59.3 Å². The molecule has 0 radical (unpaired) electrons. The van der Waals surface area contributed by atoms with Crippen molar-refractivity contribution in [1.29, 1.82) is 0 Å². The lowest BCUT2D eigenvalue weighted by atomic mass is 9.78. The van der Waals surface area contributed by atoms with Crippen LogP contribution < -0.4 is 0 Å². The zero-order valence-electron chi connectivity index (χ0n) is 27.2. The molecule has 3 aromatic carbocycles. The van der Waals surface area contributed by atoms with Crippen LogP contribution in [0.15, 0.2) is 109 Å². The molecule has 0 aliphatic heterocycles. The molecule has 0 fully saturated rings. The average molecular weight is 589 g/mol. The van der Waals surface area contributed by atoms with Crippen LogP contribution in [0.4, 0.5) is 0 Å². The molecule has 7 rings (SSSR count). The van der Waals surface area contributed by atoms with Crippen LogP contribution in [0.2, 0.25) is 0 Å². The fourth-order valence-electron chi connectivity index (χ4n) is 6.15. The van der Waals surface area contributed by atoms with E-state index < -0.39 is 0 Å². The second-order valence-corrected chi connectivity index (χ2v) is 14.3. The Hall–Kier alpha value is -4.96. The number of H-pyrrole nitrogens is 1. The lowest BCUT2D eigenvalue weighted by Gasteiger charge is -2.26. The number of hydrogen-bond acceptors (Lipinski definition) is 2. The van der Waals surface area contributed by atoms with Gasteiger partial charge in [0.25, 0.3) is 0 Å². The Morgan fingerprint density at radius 2 is 1.22 bits per heavy atom. The second-order valence-electron chi connectivity index (χ2n) is 14.3. The number of nitrogens with zero attached hydrogens (tertiary/aromatic N) is 3. The molecular formula is C41H40N4. The highest BCUT2D eigenvalue weighted by Crippen LogP contribution is 2.38. The van der Waals surface area contributed by atoms with Gasteiger partial charge in [0.15, 0.2) is 0 Å². The summed E-state index contributed by atoms with van der Waals surface area (Å²) in [6.45, 7) is 15.8. The predicted octanol–water partition coefficient (Wildman–Crippen LogP) is 10.8. The topological polar surface area (TPSA) is 46.5 Å². The van der Waals surface area contributed by atoms with Crippen molar-refractivity contribution in [2.24, 2.45) is 0 Å². The molecule has 45 heavy (non-hydrogen) atoms. The maximum absolute atomic E-state index is 5.37. The van der Waals surface area contributed by atoms with Gasteiger partial charge in [-0.05, 0) is 101 Å². The van der Waals surface area contributed by atoms with E-state index in [-0.39, 0.29) is 10.8 Å². The third kappa shape index (κ3) is 5.35. The summed E-state index contributed by atoms with van der Waals surface area (Å²) >= 11 is 0. The van der Waals surface area contributed by atoms with E-state index in [9.17, 15) is 0 Å². The molecule has 224 valence electrons. The minimum absolute atomic E-state index is 0.0214. The molecule has 4 aromatic heterocycles. The van der Waals surface area contributed by atoms with Gasteiger partial charge in [0.1, 0.15) is 11.5 Å². The molecule has 0 aliphatic rings. The summed E-state index contributed by atoms with van der Waals surface area (Å²) in [5, 5.41) is 2.32. The summed E-state index contributed by atoms with van der Waals surface area (Å²) in [6, 6.07) is 37.1. The molecule has 7 aromatic rings. The van der Waals surface area contributed by atoms with Gasteiger partial charge < -0.3 is 4.98 Å². The molecule has 0 unspecified atom stereocenters. The zero-order valence-corrected chi connectivity index (χ0v) is 27.2. The molecule has 0 atom stereocenters. The summed E-state index contributed by atoms with van der Waals surface area (Å²) in [6.07, 6.45) is 1.86. The molecule has 0 aliphatic carbocycles. The SMILES string of the molecule is Cc1ccc(-n2c3ccccc3c3ccc(-c4cc(-c5cc(C(C)(C)C)cc(C(C)(C)C)c5)cc(-c5ccccn5)c4)nc32)[nH]1. The minimum Gasteiger partial charge on any atom is -0.345 e. The Kier molecular flexibility index (Phi) is 6.77. The zero-order chi connectivity index (χ0) is 31.5. The van der Waals surface area contributed by atoms with E-state index in [1.807, 2.05) is 18.3 Å². The summed E-state index contributed by atoms with van der Waals surface area (Å²) in [4.78, 5) is 13.6. The van der Waals surface area contributed by atoms with Crippen LogP contribution in [-0.2, 0) is 10.8 Å². The standard InChI is InChI=1S/C41H40N4/c1-26-15-18-38(43-26)45-37-14-9-8-12-33(37)34-16-17-36(44-39(34)45)30-21-27(20-29(22-30)35-13-10-11-19-42-35)28-23-31(40(2,3)4)25-32(24-28)41(5,6)7/h8-25,43H,1-7H3. The van der Waals surface area contributed by atoms with E-state index in [0.717, 1.165) is 56.1 Å². The minimum atomic E-state index is 0.0214. The molecule has 0 saturated carbocycles. The number of aryl methyl sites for hydroxylation is 1. The van der Waals surface area contributed by atoms with E-state index in [1.165, 1.54) is 22.1 Å². The van der Waals surface area contributed by atoms with Gasteiger partial charge in [-0.25, -0.2) is 4.98 Å². The molecular weight excluding hydrogens is 548 g/mol. The van der Waals surface area contributed by atoms with Crippen molar-refractivity contribution in [3.63, 3.8) is 0 Å². The molecule has 4 heterocycles. The van der Waals surface area contributed by atoms with Gasteiger partial charge >= 0.3 is 0 Å². The first-order valence-corrected chi connectivity index (χ1v) is 15.8. The average Bonchev–Trinajstić information content (AvgIpc) is 3.60. The summed E-state index contributed by atoms with van der Waals surface area (Å²) in [5.41, 5.74) is 12.3.